The standard InChI is InChI=1S/C31H37F3N8O3/c1-19-5-4-6-41(13-19)14-20-7-22-23(24(8-20)31(32,33)34)15-42(29(22)44)26-10-21(9-25(37-26)38-28(43)12-35-2)30(16-45-17-30)11-27-39-36-18-40(27)3/h7-10,18-19,35H,4-6,11-17H2,1-3H3,(H,37,38,43)/t19-/m0/s1. The van der Waals surface area contributed by atoms with E-state index < -0.39 is 23.1 Å². The minimum Gasteiger partial charge on any atom is -0.379 e. The average molecular weight is 627 g/mol. The molecule has 3 aromatic rings. The summed E-state index contributed by atoms with van der Waals surface area (Å²) in [6, 6.07) is 6.22. The highest BCUT2D eigenvalue weighted by Gasteiger charge is 2.44. The van der Waals surface area contributed by atoms with Crippen LogP contribution in [0.15, 0.2) is 30.6 Å². The number of benzene rings is 1. The van der Waals surface area contributed by atoms with Crippen molar-refractivity contribution in [3.05, 3.63) is 64.2 Å². The molecule has 2 N–H and O–H groups in total. The summed E-state index contributed by atoms with van der Waals surface area (Å²) in [6.45, 7) is 4.51. The normalized spacial score (nSPS) is 19.8. The molecule has 45 heavy (non-hydrogen) atoms. The Kier molecular flexibility index (Phi) is 8.39. The molecule has 14 heteroatoms. The SMILES string of the molecule is CNCC(=O)Nc1cc(C2(Cc3nncn3C)COC2)cc(N2Cc3c(cc(CN4CCC[C@H](C)C4)cc3C(F)(F)F)C2=O)n1. The van der Waals surface area contributed by atoms with E-state index in [2.05, 4.69) is 37.6 Å². The largest absolute Gasteiger partial charge is 0.416 e. The molecule has 0 saturated carbocycles. The topological polar surface area (TPSA) is 118 Å². The first kappa shape index (κ1) is 31.1. The molecule has 2 amide bonds. The van der Waals surface area contributed by atoms with Crippen LogP contribution in [0.3, 0.4) is 0 Å². The second kappa shape index (κ2) is 12.1. The quantitative estimate of drug-likeness (QED) is 0.372. The van der Waals surface area contributed by atoms with E-state index in [-0.39, 0.29) is 41.8 Å². The Morgan fingerprint density at radius 1 is 1.20 bits per heavy atom. The summed E-state index contributed by atoms with van der Waals surface area (Å²) in [5, 5.41) is 13.7. The summed E-state index contributed by atoms with van der Waals surface area (Å²) >= 11 is 0. The number of hydrogen-bond acceptors (Lipinski definition) is 8. The lowest BCUT2D eigenvalue weighted by atomic mass is 9.75. The molecule has 0 spiro atoms. The van der Waals surface area contributed by atoms with Crippen molar-refractivity contribution in [2.45, 2.75) is 50.9 Å². The Morgan fingerprint density at radius 3 is 2.64 bits per heavy atom. The van der Waals surface area contributed by atoms with Gasteiger partial charge in [0.2, 0.25) is 5.91 Å². The van der Waals surface area contributed by atoms with Crippen LogP contribution in [0.4, 0.5) is 24.8 Å². The van der Waals surface area contributed by atoms with Gasteiger partial charge in [0.15, 0.2) is 0 Å². The number of nitrogens with one attached hydrogen (secondary N) is 2. The molecule has 1 aromatic carbocycles. The monoisotopic (exact) mass is 626 g/mol. The van der Waals surface area contributed by atoms with Crippen LogP contribution in [0.2, 0.25) is 0 Å². The first-order valence-corrected chi connectivity index (χ1v) is 15.1. The molecule has 1 atom stereocenters. The lowest BCUT2D eigenvalue weighted by Crippen LogP contribution is -2.49. The zero-order valence-electron chi connectivity index (χ0n) is 25.6. The lowest BCUT2D eigenvalue weighted by Gasteiger charge is -2.42. The summed E-state index contributed by atoms with van der Waals surface area (Å²) in [6.07, 6.45) is -0.499. The third-order valence-electron chi connectivity index (χ3n) is 8.92. The van der Waals surface area contributed by atoms with E-state index in [1.54, 1.807) is 36.1 Å². The molecule has 3 aliphatic heterocycles. The molecule has 3 aliphatic rings. The van der Waals surface area contributed by atoms with Gasteiger partial charge in [-0.25, -0.2) is 4.98 Å². The van der Waals surface area contributed by atoms with E-state index in [9.17, 15) is 22.8 Å². The van der Waals surface area contributed by atoms with Crippen molar-refractivity contribution in [1.82, 2.24) is 30.0 Å². The van der Waals surface area contributed by atoms with Crippen molar-refractivity contribution in [2.24, 2.45) is 13.0 Å². The summed E-state index contributed by atoms with van der Waals surface area (Å²) in [7, 11) is 3.47. The predicted octanol–water partition coefficient (Wildman–Crippen LogP) is 3.29. The number of amides is 2. The number of aromatic nitrogens is 4. The van der Waals surface area contributed by atoms with Crippen molar-refractivity contribution in [2.75, 3.05) is 50.1 Å². The molecule has 0 radical (unpaired) electrons. The van der Waals surface area contributed by atoms with Crippen LogP contribution in [0.5, 0.6) is 0 Å². The zero-order chi connectivity index (χ0) is 31.9. The molecule has 2 fully saturated rings. The maximum absolute atomic E-state index is 14.4. The van der Waals surface area contributed by atoms with Crippen molar-refractivity contribution in [3.8, 4) is 0 Å². The van der Waals surface area contributed by atoms with Gasteiger partial charge in [-0.05, 0) is 73.3 Å². The van der Waals surface area contributed by atoms with Gasteiger partial charge in [-0.3, -0.25) is 19.4 Å². The molecule has 2 saturated heterocycles. The molecule has 2 aromatic heterocycles. The number of nitrogens with zero attached hydrogens (tertiary/aromatic N) is 6. The van der Waals surface area contributed by atoms with Crippen LogP contribution in [-0.4, -0.2) is 76.4 Å². The summed E-state index contributed by atoms with van der Waals surface area (Å²) < 4.78 is 50.8. The lowest BCUT2D eigenvalue weighted by molar-refractivity contribution is -0.138. The fraction of sp³-hybridized carbons (Fsp3) is 0.516. The molecule has 0 bridgehead atoms. The van der Waals surface area contributed by atoms with E-state index in [0.717, 1.165) is 31.5 Å². The maximum Gasteiger partial charge on any atom is 0.416 e. The minimum absolute atomic E-state index is 0.0238. The van der Waals surface area contributed by atoms with Gasteiger partial charge in [0, 0.05) is 37.5 Å². The fourth-order valence-electron chi connectivity index (χ4n) is 6.55. The van der Waals surface area contributed by atoms with Gasteiger partial charge in [0.1, 0.15) is 23.8 Å². The second-order valence-electron chi connectivity index (χ2n) is 12.5. The molecule has 0 unspecified atom stereocenters. The number of carbonyl (C=O) groups excluding carboxylic acids is 2. The van der Waals surface area contributed by atoms with Gasteiger partial charge >= 0.3 is 6.18 Å². The first-order chi connectivity index (χ1) is 21.5. The molecule has 11 nitrogen and oxygen atoms in total. The van der Waals surface area contributed by atoms with Gasteiger partial charge in [0.25, 0.3) is 5.91 Å². The van der Waals surface area contributed by atoms with Crippen molar-refractivity contribution >= 4 is 23.5 Å². The number of rotatable bonds is 9. The molecular formula is C31H37F3N8O3. The summed E-state index contributed by atoms with van der Waals surface area (Å²) in [4.78, 5) is 34.4. The first-order valence-electron chi connectivity index (χ1n) is 15.1. The molecule has 6 rings (SSSR count). The Morgan fingerprint density at radius 2 is 2.00 bits per heavy atom. The van der Waals surface area contributed by atoms with Gasteiger partial charge < -0.3 is 19.9 Å². The molecular weight excluding hydrogens is 589 g/mol. The number of anilines is 2. The third kappa shape index (κ3) is 6.31. The predicted molar refractivity (Wildman–Crippen MR) is 160 cm³/mol. The van der Waals surface area contributed by atoms with Gasteiger partial charge in [-0.2, -0.15) is 13.2 Å². The van der Waals surface area contributed by atoms with Crippen molar-refractivity contribution in [3.63, 3.8) is 0 Å². The Labute approximate surface area is 259 Å². The molecule has 5 heterocycles. The zero-order valence-corrected chi connectivity index (χ0v) is 25.6. The Hall–Kier alpha value is -3.88. The average Bonchev–Trinajstić information content (AvgIpc) is 3.51. The van der Waals surface area contributed by atoms with Crippen LogP contribution in [-0.2, 0) is 47.7 Å². The van der Waals surface area contributed by atoms with E-state index in [1.807, 2.05) is 7.05 Å². The van der Waals surface area contributed by atoms with E-state index in [1.165, 1.54) is 11.0 Å². The number of aryl methyl sites for hydroxylation is 1. The summed E-state index contributed by atoms with van der Waals surface area (Å²) in [5.74, 6) is 0.601. The molecule has 0 aliphatic carbocycles. The number of carbonyl (C=O) groups is 2. The van der Waals surface area contributed by atoms with Gasteiger partial charge in [-0.1, -0.05) is 6.92 Å². The number of likely N-dealkylation sites (N-methyl/N-ethyl adjacent to an activating group) is 1. The highest BCUT2D eigenvalue weighted by molar-refractivity contribution is 6.10. The second-order valence-corrected chi connectivity index (χ2v) is 12.5. The number of halogens is 3. The third-order valence-corrected chi connectivity index (χ3v) is 8.92. The van der Waals surface area contributed by atoms with Crippen LogP contribution in [0, 0.1) is 5.92 Å². The Bertz CT molecular complexity index is 1600. The molecule has 240 valence electrons. The Balaban J connectivity index is 1.38. The van der Waals surface area contributed by atoms with E-state index >= 15 is 0 Å². The number of fused-ring (bicyclic) bond motifs is 1. The fourth-order valence-corrected chi connectivity index (χ4v) is 6.55. The number of alkyl halides is 3. The van der Waals surface area contributed by atoms with Gasteiger partial charge in [0.05, 0.1) is 31.9 Å². The highest BCUT2D eigenvalue weighted by atomic mass is 19.4. The number of hydrogen-bond donors (Lipinski definition) is 2. The van der Waals surface area contributed by atoms with Crippen LogP contribution in [0.25, 0.3) is 0 Å². The van der Waals surface area contributed by atoms with Crippen LogP contribution in [0.1, 0.15) is 58.2 Å². The van der Waals surface area contributed by atoms with E-state index in [0.29, 0.717) is 43.5 Å². The van der Waals surface area contributed by atoms with Crippen molar-refractivity contribution in [1.29, 1.82) is 0 Å². The number of likely N-dealkylation sites (tertiary alicyclic amines) is 1. The number of pyridine rings is 1. The minimum atomic E-state index is -4.64. The smallest absolute Gasteiger partial charge is 0.379 e. The highest BCUT2D eigenvalue weighted by Crippen LogP contribution is 2.42. The van der Waals surface area contributed by atoms with Crippen molar-refractivity contribution < 1.29 is 27.5 Å². The maximum atomic E-state index is 14.4. The number of ether oxygens (including phenoxy) is 1. The van der Waals surface area contributed by atoms with Crippen LogP contribution < -0.4 is 15.5 Å². The van der Waals surface area contributed by atoms with Gasteiger partial charge in [-0.15, -0.1) is 10.2 Å². The van der Waals surface area contributed by atoms with Crippen LogP contribution >= 0.6 is 0 Å². The summed E-state index contributed by atoms with van der Waals surface area (Å²) in [5.41, 5.74) is -0.231. The number of piperidine rings is 1. The van der Waals surface area contributed by atoms with E-state index in [4.69, 9.17) is 4.74 Å².